The third-order valence-electron chi connectivity index (χ3n) is 9.03. The van der Waals surface area contributed by atoms with Gasteiger partial charge in [0.05, 0.1) is 12.1 Å². The zero-order valence-electron chi connectivity index (χ0n) is 31.6. The molecule has 1 heterocycles. The monoisotopic (exact) mass is 705 g/mol. The van der Waals surface area contributed by atoms with Crippen LogP contribution in [-0.2, 0) is 30.3 Å². The summed E-state index contributed by atoms with van der Waals surface area (Å²) in [6.07, 6.45) is 2.85. The number of fused-ring (bicyclic) bond motifs is 1. The number of nitrogens with one attached hydrogen (secondary N) is 2. The number of carbonyl (C=O) groups excluding carboxylic acids is 5. The van der Waals surface area contributed by atoms with Gasteiger partial charge in [-0.05, 0) is 135 Å². The highest BCUT2D eigenvalue weighted by atomic mass is 16.6. The van der Waals surface area contributed by atoms with Gasteiger partial charge in [0, 0.05) is 37.4 Å². The first-order chi connectivity index (χ1) is 23.8. The van der Waals surface area contributed by atoms with Crippen molar-refractivity contribution >= 4 is 41.2 Å². The zero-order valence-corrected chi connectivity index (χ0v) is 31.6. The van der Waals surface area contributed by atoms with Crippen molar-refractivity contribution in [2.24, 2.45) is 11.8 Å². The second kappa shape index (κ2) is 16.3. The second-order valence-corrected chi connectivity index (χ2v) is 15.9. The third-order valence-corrected chi connectivity index (χ3v) is 9.03. The van der Waals surface area contributed by atoms with E-state index in [4.69, 9.17) is 9.47 Å². The van der Waals surface area contributed by atoms with Crippen LogP contribution in [0.5, 0.6) is 0 Å². The molecule has 0 radical (unpaired) electrons. The lowest BCUT2D eigenvalue weighted by atomic mass is 9.80. The zero-order chi connectivity index (χ0) is 37.7. The summed E-state index contributed by atoms with van der Waals surface area (Å²) in [6, 6.07) is 11.1. The van der Waals surface area contributed by atoms with Crippen molar-refractivity contribution in [2.45, 2.75) is 90.9 Å². The smallest absolute Gasteiger partial charge is 0.407 e. The molecule has 2 aliphatic rings. The Bertz CT molecular complexity index is 1580. The van der Waals surface area contributed by atoms with Gasteiger partial charge in [-0.2, -0.15) is 0 Å². The average molecular weight is 706 g/mol. The number of hydrogen-bond donors (Lipinski definition) is 2. The van der Waals surface area contributed by atoms with Gasteiger partial charge in [0.15, 0.2) is 0 Å². The molecule has 4 rings (SSSR count). The number of hydrogen-bond acceptors (Lipinski definition) is 8. The van der Waals surface area contributed by atoms with E-state index in [0.717, 1.165) is 18.4 Å². The Morgan fingerprint density at radius 1 is 0.843 bits per heavy atom. The van der Waals surface area contributed by atoms with Crippen LogP contribution < -0.4 is 15.5 Å². The van der Waals surface area contributed by atoms with Crippen LogP contribution in [0.4, 0.5) is 16.2 Å². The fourth-order valence-electron chi connectivity index (χ4n) is 6.62. The Hall–Kier alpha value is -4.45. The topological polar surface area (TPSA) is 138 Å². The maximum absolute atomic E-state index is 14.3. The standard InChI is InChI=1S/C39H55N5O7/c1-38(2,3)50-36(48)27-17-19-28(20-18-27)41-34(46)33-30-11-10-12-31(43(9)32(45)24-42(7)8)29(30)21-22-44(33)35(47)26-15-13-25(14-16-26)23-40-37(49)51-39(4,5)6/h10-12,17-20,25-26,33H,13-16,21-24H2,1-9H3,(H,40,49)(H,41,46). The van der Waals surface area contributed by atoms with Crippen molar-refractivity contribution in [3.63, 3.8) is 0 Å². The Morgan fingerprint density at radius 2 is 1.47 bits per heavy atom. The number of nitrogens with zero attached hydrogens (tertiary/aromatic N) is 3. The summed E-state index contributed by atoms with van der Waals surface area (Å²) >= 11 is 0. The van der Waals surface area contributed by atoms with E-state index in [2.05, 4.69) is 10.6 Å². The number of likely N-dealkylation sites (N-methyl/N-ethyl adjacent to an activating group) is 2. The second-order valence-electron chi connectivity index (χ2n) is 15.9. The molecular formula is C39H55N5O7. The maximum atomic E-state index is 14.3. The molecule has 51 heavy (non-hydrogen) atoms. The van der Waals surface area contributed by atoms with Gasteiger partial charge in [-0.3, -0.25) is 14.4 Å². The Kier molecular flexibility index (Phi) is 12.5. The van der Waals surface area contributed by atoms with Crippen LogP contribution in [0, 0.1) is 11.8 Å². The highest BCUT2D eigenvalue weighted by molar-refractivity contribution is 6.00. The van der Waals surface area contributed by atoms with Gasteiger partial charge in [-0.15, -0.1) is 0 Å². The number of amides is 4. The molecule has 12 heteroatoms. The van der Waals surface area contributed by atoms with Gasteiger partial charge in [0.1, 0.15) is 17.2 Å². The third kappa shape index (κ3) is 10.8. The highest BCUT2D eigenvalue weighted by Crippen LogP contribution is 2.39. The largest absolute Gasteiger partial charge is 0.456 e. The van der Waals surface area contributed by atoms with Crippen molar-refractivity contribution in [3.05, 3.63) is 59.2 Å². The molecule has 0 bridgehead atoms. The van der Waals surface area contributed by atoms with Crippen LogP contribution >= 0.6 is 0 Å². The maximum Gasteiger partial charge on any atom is 0.407 e. The minimum atomic E-state index is -0.935. The predicted molar refractivity (Wildman–Crippen MR) is 196 cm³/mol. The number of anilines is 2. The normalized spacial score (nSPS) is 19.1. The molecular weight excluding hydrogens is 650 g/mol. The van der Waals surface area contributed by atoms with E-state index in [9.17, 15) is 24.0 Å². The van der Waals surface area contributed by atoms with E-state index in [1.165, 1.54) is 0 Å². The number of ether oxygens (including phenoxy) is 2. The molecule has 1 fully saturated rings. The molecule has 2 aromatic carbocycles. The Labute approximate surface area is 302 Å². The minimum absolute atomic E-state index is 0.0814. The molecule has 0 spiro atoms. The molecule has 1 saturated carbocycles. The van der Waals surface area contributed by atoms with Crippen molar-refractivity contribution < 1.29 is 33.4 Å². The number of carbonyl (C=O) groups is 5. The van der Waals surface area contributed by atoms with Gasteiger partial charge < -0.3 is 34.8 Å². The summed E-state index contributed by atoms with van der Waals surface area (Å²) in [5.74, 6) is -1.06. The van der Waals surface area contributed by atoms with Crippen molar-refractivity contribution in [1.29, 1.82) is 0 Å². The van der Waals surface area contributed by atoms with Crippen molar-refractivity contribution in [3.8, 4) is 0 Å². The van der Waals surface area contributed by atoms with Crippen LogP contribution in [0.2, 0.25) is 0 Å². The van der Waals surface area contributed by atoms with Gasteiger partial charge in [0.2, 0.25) is 11.8 Å². The van der Waals surface area contributed by atoms with Crippen LogP contribution in [-0.4, -0.2) is 91.6 Å². The van der Waals surface area contributed by atoms with E-state index in [-0.39, 0.29) is 36.1 Å². The fraction of sp³-hybridized carbons (Fsp3) is 0.564. The number of benzene rings is 2. The van der Waals surface area contributed by atoms with E-state index < -0.39 is 29.3 Å². The van der Waals surface area contributed by atoms with Crippen molar-refractivity contribution in [1.82, 2.24) is 15.1 Å². The fourth-order valence-corrected chi connectivity index (χ4v) is 6.62. The van der Waals surface area contributed by atoms with Crippen LogP contribution in [0.3, 0.4) is 0 Å². The van der Waals surface area contributed by atoms with Gasteiger partial charge in [-0.1, -0.05) is 12.1 Å². The molecule has 12 nitrogen and oxygen atoms in total. The summed E-state index contributed by atoms with van der Waals surface area (Å²) in [5, 5.41) is 5.84. The summed E-state index contributed by atoms with van der Waals surface area (Å²) < 4.78 is 10.8. The first kappa shape index (κ1) is 39.3. The van der Waals surface area contributed by atoms with E-state index >= 15 is 0 Å². The van der Waals surface area contributed by atoms with Gasteiger partial charge in [0.25, 0.3) is 5.91 Å². The SMILES string of the molecule is CN(C)CC(=O)N(C)c1cccc2c1CCN(C(=O)C1CCC(CNC(=O)OC(C)(C)C)CC1)C2C(=O)Nc1ccc(C(=O)OC(C)(C)C)cc1. The first-order valence-electron chi connectivity index (χ1n) is 17.8. The summed E-state index contributed by atoms with van der Waals surface area (Å²) in [4.78, 5) is 71.5. The average Bonchev–Trinajstić information content (AvgIpc) is 3.04. The molecule has 1 aliphatic carbocycles. The van der Waals surface area contributed by atoms with E-state index in [1.54, 1.807) is 66.8 Å². The molecule has 2 N–H and O–H groups in total. The lowest BCUT2D eigenvalue weighted by molar-refractivity contribution is -0.144. The number of esters is 1. The molecule has 1 aliphatic heterocycles. The molecule has 278 valence electrons. The highest BCUT2D eigenvalue weighted by Gasteiger charge is 2.40. The van der Waals surface area contributed by atoms with Crippen LogP contribution in [0.1, 0.15) is 94.8 Å². The summed E-state index contributed by atoms with van der Waals surface area (Å²) in [7, 11) is 5.40. The van der Waals surface area contributed by atoms with Crippen LogP contribution in [0.15, 0.2) is 42.5 Å². The minimum Gasteiger partial charge on any atom is -0.456 e. The first-order valence-corrected chi connectivity index (χ1v) is 17.8. The quantitative estimate of drug-likeness (QED) is 0.324. The Morgan fingerprint density at radius 3 is 2.06 bits per heavy atom. The molecule has 4 amide bonds. The summed E-state index contributed by atoms with van der Waals surface area (Å²) in [6.45, 7) is 11.9. The number of rotatable bonds is 9. The predicted octanol–water partition coefficient (Wildman–Crippen LogP) is 5.56. The van der Waals surface area contributed by atoms with Gasteiger partial charge in [-0.25, -0.2) is 9.59 Å². The molecule has 1 atom stereocenters. The molecule has 1 unspecified atom stereocenters. The van der Waals surface area contributed by atoms with Crippen LogP contribution in [0.25, 0.3) is 0 Å². The molecule has 0 saturated heterocycles. The number of alkyl carbamates (subject to hydrolysis) is 1. The van der Waals surface area contributed by atoms with Gasteiger partial charge >= 0.3 is 12.1 Å². The Balaban J connectivity index is 1.56. The van der Waals surface area contributed by atoms with Crippen molar-refractivity contribution in [2.75, 3.05) is 51.0 Å². The molecule has 2 aromatic rings. The lowest BCUT2D eigenvalue weighted by Gasteiger charge is -2.40. The van der Waals surface area contributed by atoms with E-state index in [0.29, 0.717) is 54.9 Å². The van der Waals surface area contributed by atoms with E-state index in [1.807, 2.05) is 53.1 Å². The lowest BCUT2D eigenvalue weighted by Crippen LogP contribution is -2.48. The summed E-state index contributed by atoms with van der Waals surface area (Å²) in [5.41, 5.74) is 1.85. The molecule has 0 aromatic heterocycles.